The number of morpholine rings is 1. The van der Waals surface area contributed by atoms with E-state index in [4.69, 9.17) is 9.47 Å². The normalized spacial score (nSPS) is 25.4. The average Bonchev–Trinajstić information content (AvgIpc) is 2.07. The van der Waals surface area contributed by atoms with Crippen molar-refractivity contribution in [1.82, 2.24) is 5.32 Å². The molecule has 0 aromatic carbocycles. The van der Waals surface area contributed by atoms with Gasteiger partial charge in [-0.15, -0.1) is 0 Å². The summed E-state index contributed by atoms with van der Waals surface area (Å²) in [6.07, 6.45) is 2.63. The molecule has 1 saturated heterocycles. The molecule has 0 aromatic heterocycles. The highest BCUT2D eigenvalue weighted by Crippen LogP contribution is 2.03. The third-order valence-corrected chi connectivity index (χ3v) is 1.88. The summed E-state index contributed by atoms with van der Waals surface area (Å²) in [4.78, 5) is 0. The van der Waals surface area contributed by atoms with Gasteiger partial charge in [0, 0.05) is 26.8 Å². The average molecular weight is 159 g/mol. The molecule has 66 valence electrons. The summed E-state index contributed by atoms with van der Waals surface area (Å²) in [6, 6.07) is 0. The van der Waals surface area contributed by atoms with E-state index in [9.17, 15) is 0 Å². The lowest BCUT2D eigenvalue weighted by atomic mass is 10.2. The van der Waals surface area contributed by atoms with Crippen LogP contribution in [0, 0.1) is 0 Å². The number of rotatable bonds is 4. The van der Waals surface area contributed by atoms with Crippen molar-refractivity contribution in [2.24, 2.45) is 0 Å². The van der Waals surface area contributed by atoms with E-state index >= 15 is 0 Å². The Morgan fingerprint density at radius 3 is 3.18 bits per heavy atom. The third-order valence-electron chi connectivity index (χ3n) is 1.88. The molecule has 0 spiro atoms. The van der Waals surface area contributed by atoms with Crippen LogP contribution in [-0.2, 0) is 9.47 Å². The van der Waals surface area contributed by atoms with E-state index in [0.29, 0.717) is 6.10 Å². The summed E-state index contributed by atoms with van der Waals surface area (Å²) in [6.45, 7) is 3.71. The van der Waals surface area contributed by atoms with Crippen molar-refractivity contribution < 1.29 is 9.47 Å². The van der Waals surface area contributed by atoms with E-state index in [1.54, 1.807) is 7.11 Å². The van der Waals surface area contributed by atoms with Crippen molar-refractivity contribution in [1.29, 1.82) is 0 Å². The van der Waals surface area contributed by atoms with Crippen molar-refractivity contribution in [2.75, 3.05) is 33.4 Å². The zero-order valence-corrected chi connectivity index (χ0v) is 7.14. The van der Waals surface area contributed by atoms with Crippen LogP contribution in [-0.4, -0.2) is 39.5 Å². The number of hydrogen-bond acceptors (Lipinski definition) is 3. The maximum Gasteiger partial charge on any atom is 0.0700 e. The van der Waals surface area contributed by atoms with Gasteiger partial charge in [0.05, 0.1) is 12.7 Å². The van der Waals surface area contributed by atoms with Crippen molar-refractivity contribution in [3.8, 4) is 0 Å². The maximum atomic E-state index is 5.51. The predicted molar refractivity (Wildman–Crippen MR) is 43.7 cm³/mol. The largest absolute Gasteiger partial charge is 0.385 e. The van der Waals surface area contributed by atoms with Crippen LogP contribution in [0.5, 0.6) is 0 Å². The Kier molecular flexibility index (Phi) is 4.50. The Morgan fingerprint density at radius 1 is 1.64 bits per heavy atom. The SMILES string of the molecule is COCCCC1CNCCO1. The molecule has 1 rings (SSSR count). The van der Waals surface area contributed by atoms with Crippen LogP contribution in [0.1, 0.15) is 12.8 Å². The Hall–Kier alpha value is -0.120. The van der Waals surface area contributed by atoms with Gasteiger partial charge >= 0.3 is 0 Å². The molecule has 0 amide bonds. The topological polar surface area (TPSA) is 30.5 Å². The van der Waals surface area contributed by atoms with Gasteiger partial charge in [0.15, 0.2) is 0 Å². The molecule has 1 unspecified atom stereocenters. The quantitative estimate of drug-likeness (QED) is 0.602. The zero-order valence-electron chi connectivity index (χ0n) is 7.14. The molecule has 0 bridgehead atoms. The van der Waals surface area contributed by atoms with Crippen molar-refractivity contribution >= 4 is 0 Å². The van der Waals surface area contributed by atoms with Gasteiger partial charge in [-0.3, -0.25) is 0 Å². The van der Waals surface area contributed by atoms with E-state index < -0.39 is 0 Å². The molecular weight excluding hydrogens is 142 g/mol. The number of nitrogens with one attached hydrogen (secondary N) is 1. The van der Waals surface area contributed by atoms with Gasteiger partial charge in [-0.25, -0.2) is 0 Å². The highest BCUT2D eigenvalue weighted by molar-refractivity contribution is 4.66. The molecule has 0 radical (unpaired) electrons. The Labute approximate surface area is 68.1 Å². The second kappa shape index (κ2) is 5.52. The van der Waals surface area contributed by atoms with Crippen LogP contribution in [0.25, 0.3) is 0 Å². The summed E-state index contributed by atoms with van der Waals surface area (Å²) >= 11 is 0. The molecule has 0 aliphatic carbocycles. The number of ether oxygens (including phenoxy) is 2. The lowest BCUT2D eigenvalue weighted by Gasteiger charge is -2.23. The molecule has 0 aromatic rings. The molecule has 1 N–H and O–H groups in total. The van der Waals surface area contributed by atoms with Gasteiger partial charge in [0.25, 0.3) is 0 Å². The van der Waals surface area contributed by atoms with Gasteiger partial charge in [0.2, 0.25) is 0 Å². The summed E-state index contributed by atoms with van der Waals surface area (Å²) in [5.41, 5.74) is 0. The van der Waals surface area contributed by atoms with Gasteiger partial charge < -0.3 is 14.8 Å². The molecule has 1 atom stereocenters. The number of methoxy groups -OCH3 is 1. The molecule has 1 fully saturated rings. The highest BCUT2D eigenvalue weighted by Gasteiger charge is 2.11. The summed E-state index contributed by atoms with van der Waals surface area (Å²) in [7, 11) is 1.74. The van der Waals surface area contributed by atoms with Crippen LogP contribution < -0.4 is 5.32 Å². The van der Waals surface area contributed by atoms with Crippen LogP contribution in [0.3, 0.4) is 0 Å². The van der Waals surface area contributed by atoms with Crippen LogP contribution >= 0.6 is 0 Å². The zero-order chi connectivity index (χ0) is 7.94. The highest BCUT2D eigenvalue weighted by atomic mass is 16.5. The van der Waals surface area contributed by atoms with E-state index in [1.807, 2.05) is 0 Å². The first kappa shape index (κ1) is 8.97. The monoisotopic (exact) mass is 159 g/mol. The Balaban J connectivity index is 1.96. The Bertz CT molecular complexity index is 92.1. The third kappa shape index (κ3) is 3.70. The first-order valence-corrected chi connectivity index (χ1v) is 4.24. The lowest BCUT2D eigenvalue weighted by molar-refractivity contribution is 0.0183. The molecule has 1 aliphatic rings. The summed E-state index contributed by atoms with van der Waals surface area (Å²) in [5.74, 6) is 0. The first-order chi connectivity index (χ1) is 5.43. The molecule has 3 nitrogen and oxygen atoms in total. The summed E-state index contributed by atoms with van der Waals surface area (Å²) in [5, 5.41) is 3.30. The smallest absolute Gasteiger partial charge is 0.0700 e. The van der Waals surface area contributed by atoms with Crippen LogP contribution in [0.4, 0.5) is 0 Å². The molecular formula is C8H17NO2. The van der Waals surface area contributed by atoms with Gasteiger partial charge in [-0.05, 0) is 12.8 Å². The lowest BCUT2D eigenvalue weighted by Crippen LogP contribution is -2.38. The van der Waals surface area contributed by atoms with Gasteiger partial charge in [0.1, 0.15) is 0 Å². The molecule has 11 heavy (non-hydrogen) atoms. The second-order valence-electron chi connectivity index (χ2n) is 2.83. The molecule has 0 saturated carbocycles. The molecule has 1 aliphatic heterocycles. The predicted octanol–water partition coefficient (Wildman–Crippen LogP) is 0.401. The van der Waals surface area contributed by atoms with Crippen molar-refractivity contribution in [2.45, 2.75) is 18.9 Å². The van der Waals surface area contributed by atoms with E-state index in [0.717, 1.165) is 39.1 Å². The first-order valence-electron chi connectivity index (χ1n) is 4.24. The van der Waals surface area contributed by atoms with Crippen molar-refractivity contribution in [3.05, 3.63) is 0 Å². The van der Waals surface area contributed by atoms with Crippen molar-refractivity contribution in [3.63, 3.8) is 0 Å². The van der Waals surface area contributed by atoms with Gasteiger partial charge in [-0.2, -0.15) is 0 Å². The van der Waals surface area contributed by atoms with Crippen LogP contribution in [0.15, 0.2) is 0 Å². The van der Waals surface area contributed by atoms with E-state index in [1.165, 1.54) is 0 Å². The minimum Gasteiger partial charge on any atom is -0.385 e. The Morgan fingerprint density at radius 2 is 2.55 bits per heavy atom. The minimum atomic E-state index is 0.416. The molecule has 3 heteroatoms. The summed E-state index contributed by atoms with van der Waals surface area (Å²) < 4.78 is 10.5. The minimum absolute atomic E-state index is 0.416. The number of hydrogen-bond donors (Lipinski definition) is 1. The van der Waals surface area contributed by atoms with E-state index in [-0.39, 0.29) is 0 Å². The van der Waals surface area contributed by atoms with E-state index in [2.05, 4.69) is 5.32 Å². The maximum absolute atomic E-state index is 5.51. The standard InChI is InChI=1S/C8H17NO2/c1-10-5-2-3-8-7-9-4-6-11-8/h8-9H,2-7H2,1H3. The fraction of sp³-hybridized carbons (Fsp3) is 1.00. The second-order valence-corrected chi connectivity index (χ2v) is 2.83. The fourth-order valence-electron chi connectivity index (χ4n) is 1.26. The van der Waals surface area contributed by atoms with Gasteiger partial charge in [-0.1, -0.05) is 0 Å². The van der Waals surface area contributed by atoms with Crippen LogP contribution in [0.2, 0.25) is 0 Å². The molecule has 1 heterocycles. The fourth-order valence-corrected chi connectivity index (χ4v) is 1.26.